The first-order valence-corrected chi connectivity index (χ1v) is 5.28. The van der Waals surface area contributed by atoms with Gasteiger partial charge in [-0.1, -0.05) is 12.1 Å². The summed E-state index contributed by atoms with van der Waals surface area (Å²) in [5.74, 6) is 0. The molecule has 0 bridgehead atoms. The van der Waals surface area contributed by atoms with Crippen LogP contribution in [0.4, 0.5) is 13.2 Å². The molecule has 0 spiro atoms. The number of alkyl halides is 3. The molecule has 0 amide bonds. The monoisotopic (exact) mass is 252 g/mol. The molecule has 8 heteroatoms. The lowest BCUT2D eigenvalue weighted by molar-refractivity contribution is -0.208. The Morgan fingerprint density at radius 1 is 1.53 bits per heavy atom. The van der Waals surface area contributed by atoms with E-state index in [1.54, 1.807) is 0 Å². The summed E-state index contributed by atoms with van der Waals surface area (Å²) < 4.78 is 37.2. The van der Waals surface area contributed by atoms with Gasteiger partial charge in [-0.25, -0.2) is 4.68 Å². The Morgan fingerprint density at radius 2 is 2.24 bits per heavy atom. The van der Waals surface area contributed by atoms with Crippen LogP contribution in [0.3, 0.4) is 0 Å². The fourth-order valence-electron chi connectivity index (χ4n) is 1.18. The van der Waals surface area contributed by atoms with Crippen molar-refractivity contribution in [2.24, 2.45) is 0 Å². The quantitative estimate of drug-likeness (QED) is 0.732. The molecule has 1 aromatic heterocycles. The highest BCUT2D eigenvalue weighted by Crippen LogP contribution is 2.20. The van der Waals surface area contributed by atoms with Crippen LogP contribution in [0.5, 0.6) is 0 Å². The highest BCUT2D eigenvalue weighted by Gasteiger charge is 2.38. The molecule has 0 aliphatic carbocycles. The van der Waals surface area contributed by atoms with Gasteiger partial charge >= 0.3 is 6.18 Å². The maximum atomic E-state index is 12.1. The normalized spacial score (nSPS) is 13.9. The van der Waals surface area contributed by atoms with Crippen LogP contribution in [-0.4, -0.2) is 38.9 Å². The Hall–Kier alpha value is -1.15. The number of aromatic nitrogens is 3. The molecule has 1 heterocycles. The summed E-state index contributed by atoms with van der Waals surface area (Å²) in [6.45, 7) is 2.63. The summed E-state index contributed by atoms with van der Waals surface area (Å²) in [4.78, 5) is 0. The number of hydrogen-bond acceptors (Lipinski definition) is 4. The van der Waals surface area contributed by atoms with E-state index < -0.39 is 18.8 Å². The Bertz CT molecular complexity index is 339. The fourth-order valence-corrected chi connectivity index (χ4v) is 1.18. The van der Waals surface area contributed by atoms with Crippen LogP contribution in [-0.2, 0) is 13.1 Å². The van der Waals surface area contributed by atoms with Gasteiger partial charge in [0.05, 0.1) is 12.2 Å². The minimum Gasteiger partial charge on any atom is -0.382 e. The van der Waals surface area contributed by atoms with Crippen molar-refractivity contribution in [1.82, 2.24) is 20.3 Å². The molecule has 1 rings (SSSR count). The predicted octanol–water partition coefficient (Wildman–Crippen LogP) is 0.701. The maximum Gasteiger partial charge on any atom is 0.416 e. The molecule has 0 aliphatic heterocycles. The van der Waals surface area contributed by atoms with Crippen LogP contribution >= 0.6 is 0 Å². The largest absolute Gasteiger partial charge is 0.416 e. The molecule has 5 nitrogen and oxygen atoms in total. The number of aliphatic hydroxyl groups is 1. The summed E-state index contributed by atoms with van der Waals surface area (Å²) in [7, 11) is 0. The third-order valence-electron chi connectivity index (χ3n) is 2.06. The molecule has 0 fully saturated rings. The van der Waals surface area contributed by atoms with E-state index in [1.807, 2.05) is 6.92 Å². The molecule has 0 saturated heterocycles. The molecule has 0 radical (unpaired) electrons. The number of rotatable bonds is 6. The zero-order valence-corrected chi connectivity index (χ0v) is 9.41. The number of nitrogens with one attached hydrogen (secondary N) is 1. The molecular weight excluding hydrogens is 237 g/mol. The average Bonchev–Trinajstić information content (AvgIpc) is 2.65. The van der Waals surface area contributed by atoms with Gasteiger partial charge in [-0.3, -0.25) is 0 Å². The molecule has 2 N–H and O–H groups in total. The van der Waals surface area contributed by atoms with E-state index in [1.165, 1.54) is 6.20 Å². The first-order chi connectivity index (χ1) is 7.93. The van der Waals surface area contributed by atoms with Crippen molar-refractivity contribution in [3.63, 3.8) is 0 Å². The van der Waals surface area contributed by atoms with Crippen molar-refractivity contribution in [2.45, 2.75) is 38.7 Å². The molecule has 1 aromatic rings. The molecule has 1 unspecified atom stereocenters. The van der Waals surface area contributed by atoms with Crippen LogP contribution in [0.1, 0.15) is 19.0 Å². The first kappa shape index (κ1) is 13.9. The van der Waals surface area contributed by atoms with Crippen molar-refractivity contribution < 1.29 is 18.3 Å². The Kier molecular flexibility index (Phi) is 4.88. The second-order valence-electron chi connectivity index (χ2n) is 3.67. The van der Waals surface area contributed by atoms with Crippen molar-refractivity contribution in [3.8, 4) is 0 Å². The van der Waals surface area contributed by atoms with Crippen LogP contribution in [0.2, 0.25) is 0 Å². The number of hydrogen-bond donors (Lipinski definition) is 2. The van der Waals surface area contributed by atoms with E-state index in [-0.39, 0.29) is 0 Å². The van der Waals surface area contributed by atoms with E-state index in [9.17, 15) is 13.2 Å². The number of halogens is 3. The predicted molar refractivity (Wildman–Crippen MR) is 54.1 cm³/mol. The van der Waals surface area contributed by atoms with E-state index in [0.717, 1.165) is 17.6 Å². The number of aliphatic hydroxyl groups excluding tert-OH is 1. The molecule has 17 heavy (non-hydrogen) atoms. The van der Waals surface area contributed by atoms with Crippen LogP contribution in [0.15, 0.2) is 6.20 Å². The average molecular weight is 252 g/mol. The third kappa shape index (κ3) is 4.70. The minimum atomic E-state index is -4.63. The highest BCUT2D eigenvalue weighted by molar-refractivity contribution is 4.91. The van der Waals surface area contributed by atoms with E-state index >= 15 is 0 Å². The molecule has 98 valence electrons. The van der Waals surface area contributed by atoms with Crippen LogP contribution < -0.4 is 5.32 Å². The second-order valence-corrected chi connectivity index (χ2v) is 3.67. The number of nitrogens with zero attached hydrogens (tertiary/aromatic N) is 3. The van der Waals surface area contributed by atoms with Crippen molar-refractivity contribution in [2.75, 3.05) is 6.54 Å². The van der Waals surface area contributed by atoms with Gasteiger partial charge in [0.1, 0.15) is 0 Å². The van der Waals surface area contributed by atoms with Crippen molar-refractivity contribution in [1.29, 1.82) is 0 Å². The second kappa shape index (κ2) is 5.97. The van der Waals surface area contributed by atoms with E-state index in [0.29, 0.717) is 12.2 Å². The SMILES string of the molecule is CCCNCc1cn(CC(O)C(F)(F)F)nn1. The van der Waals surface area contributed by atoms with Gasteiger partial charge in [-0.15, -0.1) is 5.10 Å². The molecular formula is C9H15F3N4O. The highest BCUT2D eigenvalue weighted by atomic mass is 19.4. The van der Waals surface area contributed by atoms with Gasteiger partial charge in [0.2, 0.25) is 0 Å². The first-order valence-electron chi connectivity index (χ1n) is 5.28. The summed E-state index contributed by atoms with van der Waals surface area (Å²) in [5.41, 5.74) is 0.549. The van der Waals surface area contributed by atoms with E-state index in [4.69, 9.17) is 5.11 Å². The standard InChI is InChI=1S/C9H15F3N4O/c1-2-3-13-4-7-5-16(15-14-7)6-8(17)9(10,11)12/h5,8,13,17H,2-4,6H2,1H3. The lowest BCUT2D eigenvalue weighted by Crippen LogP contribution is -2.33. The maximum absolute atomic E-state index is 12.1. The summed E-state index contributed by atoms with van der Waals surface area (Å²) in [6.07, 6.45) is -4.70. The van der Waals surface area contributed by atoms with Gasteiger partial charge in [-0.2, -0.15) is 13.2 Å². The zero-order valence-electron chi connectivity index (χ0n) is 9.41. The molecule has 0 saturated carbocycles. The molecule has 1 atom stereocenters. The third-order valence-corrected chi connectivity index (χ3v) is 2.06. The van der Waals surface area contributed by atoms with Gasteiger partial charge in [-0.05, 0) is 13.0 Å². The molecule has 0 aromatic carbocycles. The Balaban J connectivity index is 2.45. The van der Waals surface area contributed by atoms with Crippen LogP contribution in [0, 0.1) is 0 Å². The molecule has 0 aliphatic rings. The van der Waals surface area contributed by atoms with Gasteiger partial charge in [0, 0.05) is 12.7 Å². The van der Waals surface area contributed by atoms with Crippen LogP contribution in [0.25, 0.3) is 0 Å². The van der Waals surface area contributed by atoms with E-state index in [2.05, 4.69) is 15.6 Å². The lowest BCUT2D eigenvalue weighted by Gasteiger charge is -2.13. The Labute approximate surface area is 96.6 Å². The summed E-state index contributed by atoms with van der Waals surface area (Å²) >= 11 is 0. The van der Waals surface area contributed by atoms with Crippen molar-refractivity contribution in [3.05, 3.63) is 11.9 Å². The zero-order chi connectivity index (χ0) is 12.9. The minimum absolute atomic E-state index is 0.454. The lowest BCUT2D eigenvalue weighted by atomic mass is 10.3. The fraction of sp³-hybridized carbons (Fsp3) is 0.778. The van der Waals surface area contributed by atoms with Gasteiger partial charge < -0.3 is 10.4 Å². The summed E-state index contributed by atoms with van der Waals surface area (Å²) in [6, 6.07) is 0. The summed E-state index contributed by atoms with van der Waals surface area (Å²) in [5, 5.41) is 19.1. The Morgan fingerprint density at radius 3 is 2.82 bits per heavy atom. The van der Waals surface area contributed by atoms with Crippen molar-refractivity contribution >= 4 is 0 Å². The smallest absolute Gasteiger partial charge is 0.382 e. The topological polar surface area (TPSA) is 63.0 Å². The van der Waals surface area contributed by atoms with Gasteiger partial charge in [0.25, 0.3) is 0 Å². The van der Waals surface area contributed by atoms with Gasteiger partial charge in [0.15, 0.2) is 6.10 Å².